The van der Waals surface area contributed by atoms with Crippen molar-refractivity contribution in [2.45, 2.75) is 0 Å². The van der Waals surface area contributed by atoms with E-state index in [4.69, 9.17) is 17.0 Å². The number of rotatable bonds is 6. The largest absolute Gasteiger partial charge is 0.439 e. The molecular weight excluding hydrogens is 386 g/mol. The predicted molar refractivity (Wildman–Crippen MR) is 107 cm³/mol. The molecule has 1 aliphatic heterocycles. The third-order valence-electron chi connectivity index (χ3n) is 3.52. The number of hydrogen-bond donors (Lipinski definition) is 0. The second-order valence-electron chi connectivity index (χ2n) is 5.36. The number of carbonyl (C=O) groups is 1. The van der Waals surface area contributed by atoms with Crippen molar-refractivity contribution < 1.29 is 14.5 Å². The average molecular weight is 399 g/mol. The molecule has 2 heterocycles. The number of hydrogen-bond acceptors (Lipinski definition) is 7. The van der Waals surface area contributed by atoms with E-state index >= 15 is 0 Å². The third kappa shape index (κ3) is 4.39. The van der Waals surface area contributed by atoms with E-state index in [2.05, 4.69) is 11.6 Å². The molecule has 0 atom stereocenters. The second kappa shape index (κ2) is 8.11. The molecule has 2 aromatic rings. The van der Waals surface area contributed by atoms with Crippen LogP contribution in [-0.4, -0.2) is 31.6 Å². The lowest BCUT2D eigenvalue weighted by Gasteiger charge is -2.10. The lowest BCUT2D eigenvalue weighted by molar-refractivity contribution is -0.385. The Morgan fingerprint density at radius 1 is 1.30 bits per heavy atom. The maximum absolute atomic E-state index is 12.3. The number of aromatic nitrogens is 1. The highest BCUT2D eigenvalue weighted by molar-refractivity contribution is 8.26. The maximum Gasteiger partial charge on any atom is 0.287 e. The van der Waals surface area contributed by atoms with Gasteiger partial charge in [0.2, 0.25) is 5.88 Å². The smallest absolute Gasteiger partial charge is 0.287 e. The van der Waals surface area contributed by atoms with Gasteiger partial charge in [-0.3, -0.25) is 19.8 Å². The summed E-state index contributed by atoms with van der Waals surface area (Å²) >= 11 is 6.46. The Kier molecular flexibility index (Phi) is 5.63. The number of thioether (sulfide) groups is 1. The monoisotopic (exact) mass is 399 g/mol. The van der Waals surface area contributed by atoms with E-state index in [9.17, 15) is 14.9 Å². The summed E-state index contributed by atoms with van der Waals surface area (Å²) < 4.78 is 6.07. The first-order valence-electron chi connectivity index (χ1n) is 7.72. The molecule has 0 spiro atoms. The third-order valence-corrected chi connectivity index (χ3v) is 4.89. The molecule has 0 aliphatic carbocycles. The summed E-state index contributed by atoms with van der Waals surface area (Å²) in [4.78, 5) is 28.4. The van der Waals surface area contributed by atoms with Crippen molar-refractivity contribution in [2.24, 2.45) is 0 Å². The van der Waals surface area contributed by atoms with Crippen LogP contribution >= 0.6 is 24.0 Å². The molecular formula is C18H13N3O4S2. The number of nitrogens with zero attached hydrogens (tertiary/aromatic N) is 3. The number of benzene rings is 1. The van der Waals surface area contributed by atoms with Crippen LogP contribution in [0.15, 0.2) is 60.2 Å². The van der Waals surface area contributed by atoms with Gasteiger partial charge in [0.05, 0.1) is 9.83 Å². The summed E-state index contributed by atoms with van der Waals surface area (Å²) in [5.74, 6) is 0.631. The van der Waals surface area contributed by atoms with Gasteiger partial charge < -0.3 is 4.74 Å². The Morgan fingerprint density at radius 2 is 2.04 bits per heavy atom. The molecule has 1 aromatic carbocycles. The zero-order valence-corrected chi connectivity index (χ0v) is 15.5. The van der Waals surface area contributed by atoms with Gasteiger partial charge in [-0.05, 0) is 23.8 Å². The normalized spacial score (nSPS) is 15.3. The van der Waals surface area contributed by atoms with Crippen LogP contribution in [0.3, 0.4) is 0 Å². The van der Waals surface area contributed by atoms with E-state index in [1.54, 1.807) is 36.4 Å². The molecule has 7 nitrogen and oxygen atoms in total. The number of amides is 1. The van der Waals surface area contributed by atoms with Crippen molar-refractivity contribution in [3.05, 3.63) is 75.8 Å². The van der Waals surface area contributed by atoms with Crippen molar-refractivity contribution in [3.8, 4) is 11.6 Å². The molecule has 136 valence electrons. The Balaban J connectivity index is 1.70. The molecule has 0 radical (unpaired) electrons. The molecule has 9 heteroatoms. The molecule has 3 rings (SSSR count). The SMILES string of the molecule is C=CCN1C(=O)/C(=C\c2ccc(Oc3ccc([N+](=O)[O-])cn3)cc2)SC1=S. The molecule has 0 unspecified atom stereocenters. The van der Waals surface area contributed by atoms with E-state index in [1.165, 1.54) is 28.8 Å². The summed E-state index contributed by atoms with van der Waals surface area (Å²) in [6.45, 7) is 4.01. The van der Waals surface area contributed by atoms with E-state index in [-0.39, 0.29) is 17.5 Å². The Bertz CT molecular complexity index is 940. The van der Waals surface area contributed by atoms with Gasteiger partial charge in [0, 0.05) is 18.7 Å². The molecule has 1 amide bonds. The summed E-state index contributed by atoms with van der Waals surface area (Å²) in [7, 11) is 0. The van der Waals surface area contributed by atoms with Crippen molar-refractivity contribution >= 4 is 46.0 Å². The molecule has 1 aromatic heterocycles. The Labute approximate surface area is 164 Å². The highest BCUT2D eigenvalue weighted by Gasteiger charge is 2.30. The number of pyridine rings is 1. The summed E-state index contributed by atoms with van der Waals surface area (Å²) in [6.07, 6.45) is 4.53. The summed E-state index contributed by atoms with van der Waals surface area (Å²) in [5, 5.41) is 10.6. The Morgan fingerprint density at radius 3 is 2.63 bits per heavy atom. The van der Waals surface area contributed by atoms with Crippen molar-refractivity contribution in [1.82, 2.24) is 9.88 Å². The minimum Gasteiger partial charge on any atom is -0.439 e. The molecule has 1 saturated heterocycles. The van der Waals surface area contributed by atoms with Gasteiger partial charge in [-0.2, -0.15) is 0 Å². The standard InChI is InChI=1S/C18H13N3O4S2/c1-2-9-20-17(22)15(27-18(20)26)10-12-3-6-14(7-4-12)25-16-8-5-13(11-19-16)21(23)24/h2-8,10-11H,1,9H2/b15-10+. The zero-order valence-electron chi connectivity index (χ0n) is 13.9. The summed E-state index contributed by atoms with van der Waals surface area (Å²) in [6, 6.07) is 9.78. The van der Waals surface area contributed by atoms with Crippen molar-refractivity contribution in [2.75, 3.05) is 6.54 Å². The fourth-order valence-electron chi connectivity index (χ4n) is 2.23. The highest BCUT2D eigenvalue weighted by atomic mass is 32.2. The van der Waals surface area contributed by atoms with Crippen molar-refractivity contribution in [1.29, 1.82) is 0 Å². The van der Waals surface area contributed by atoms with E-state index in [1.807, 2.05) is 0 Å². The van der Waals surface area contributed by atoms with Gasteiger partial charge in [0.1, 0.15) is 16.3 Å². The first-order valence-corrected chi connectivity index (χ1v) is 8.95. The van der Waals surface area contributed by atoms with Crippen LogP contribution < -0.4 is 4.74 Å². The highest BCUT2D eigenvalue weighted by Crippen LogP contribution is 2.32. The summed E-state index contributed by atoms with van der Waals surface area (Å²) in [5.41, 5.74) is 0.713. The second-order valence-corrected chi connectivity index (χ2v) is 7.04. The van der Waals surface area contributed by atoms with Gasteiger partial charge in [0.15, 0.2) is 0 Å². The lowest BCUT2D eigenvalue weighted by Crippen LogP contribution is -2.27. The molecule has 1 aliphatic rings. The minimum absolute atomic E-state index is 0.105. The molecule has 0 bridgehead atoms. The maximum atomic E-state index is 12.3. The molecule has 0 saturated carbocycles. The Hall–Kier alpha value is -3.04. The number of ether oxygens (including phenoxy) is 1. The van der Waals surface area contributed by atoms with Gasteiger partial charge in [-0.15, -0.1) is 6.58 Å². The van der Waals surface area contributed by atoms with Crippen LogP contribution in [0.25, 0.3) is 6.08 Å². The van der Waals surface area contributed by atoms with Gasteiger partial charge in [0.25, 0.3) is 11.6 Å². The fourth-order valence-corrected chi connectivity index (χ4v) is 3.51. The first-order chi connectivity index (χ1) is 13.0. The van der Waals surface area contributed by atoms with Crippen molar-refractivity contribution in [3.63, 3.8) is 0 Å². The average Bonchev–Trinajstić information content (AvgIpc) is 2.91. The van der Waals surface area contributed by atoms with Gasteiger partial charge in [-0.25, -0.2) is 4.98 Å². The molecule has 1 fully saturated rings. The van der Waals surface area contributed by atoms with E-state index in [0.717, 1.165) is 11.8 Å². The van der Waals surface area contributed by atoms with Crippen LogP contribution in [0.1, 0.15) is 5.56 Å². The van der Waals surface area contributed by atoms with Crippen LogP contribution in [0, 0.1) is 10.1 Å². The topological polar surface area (TPSA) is 85.6 Å². The van der Waals surface area contributed by atoms with Crippen LogP contribution in [0.5, 0.6) is 11.6 Å². The van der Waals surface area contributed by atoms with Crippen LogP contribution in [0.4, 0.5) is 5.69 Å². The number of nitro groups is 1. The minimum atomic E-state index is -0.525. The van der Waals surface area contributed by atoms with Crippen LogP contribution in [-0.2, 0) is 4.79 Å². The van der Waals surface area contributed by atoms with E-state index in [0.29, 0.717) is 21.5 Å². The number of thiocarbonyl (C=S) groups is 1. The van der Waals surface area contributed by atoms with Crippen LogP contribution in [0.2, 0.25) is 0 Å². The molecule has 27 heavy (non-hydrogen) atoms. The van der Waals surface area contributed by atoms with E-state index < -0.39 is 4.92 Å². The zero-order chi connectivity index (χ0) is 19.4. The quantitative estimate of drug-likeness (QED) is 0.237. The lowest BCUT2D eigenvalue weighted by atomic mass is 10.2. The van der Waals surface area contributed by atoms with Gasteiger partial charge >= 0.3 is 0 Å². The number of carbonyl (C=O) groups excluding carboxylic acids is 1. The van der Waals surface area contributed by atoms with Gasteiger partial charge in [-0.1, -0.05) is 42.2 Å². The molecule has 0 N–H and O–H groups in total. The fraction of sp³-hybridized carbons (Fsp3) is 0.0556. The first kappa shape index (κ1) is 18.7. The predicted octanol–water partition coefficient (Wildman–Crippen LogP) is 4.17.